The summed E-state index contributed by atoms with van der Waals surface area (Å²) in [5, 5.41) is 0. The number of halogens is 2. The van der Waals surface area contributed by atoms with Crippen molar-refractivity contribution in [2.45, 2.75) is 0 Å². The van der Waals surface area contributed by atoms with Gasteiger partial charge in [-0.05, 0) is 59.0 Å². The molecule has 0 aliphatic heterocycles. The normalized spacial score (nSPS) is 9.32. The van der Waals surface area contributed by atoms with Crippen molar-refractivity contribution in [3.63, 3.8) is 0 Å². The zero-order valence-corrected chi connectivity index (χ0v) is 13.5. The van der Waals surface area contributed by atoms with E-state index < -0.39 is 0 Å². The Balaban J connectivity index is 0.00000121. The fourth-order valence-electron chi connectivity index (χ4n) is 2.21. The lowest BCUT2D eigenvalue weighted by atomic mass is 10.2. The van der Waals surface area contributed by atoms with E-state index in [4.69, 9.17) is 0 Å². The molecule has 0 spiro atoms. The van der Waals surface area contributed by atoms with Crippen LogP contribution in [0.5, 0.6) is 0 Å². The molecule has 0 N–H and O–H groups in total. The zero-order valence-electron chi connectivity index (χ0n) is 11.3. The average molecular weight is 405 g/mol. The summed E-state index contributed by atoms with van der Waals surface area (Å²) < 4.78 is 1.23. The molecule has 0 amide bonds. The van der Waals surface area contributed by atoms with Gasteiger partial charge < -0.3 is 4.90 Å². The van der Waals surface area contributed by atoms with Gasteiger partial charge in [0, 0.05) is 14.9 Å². The van der Waals surface area contributed by atoms with Crippen molar-refractivity contribution in [3.05, 3.63) is 88.5 Å². The van der Waals surface area contributed by atoms with E-state index in [0.29, 0.717) is 0 Å². The van der Waals surface area contributed by atoms with Gasteiger partial charge in [0.1, 0.15) is 0 Å². The van der Waals surface area contributed by atoms with Crippen molar-refractivity contribution < 1.29 is 4.70 Å². The van der Waals surface area contributed by atoms with E-state index in [1.54, 1.807) is 0 Å². The molecule has 1 nitrogen and oxygen atoms in total. The summed E-state index contributed by atoms with van der Waals surface area (Å²) in [6.45, 7) is 0. The zero-order chi connectivity index (χ0) is 13.8. The number of hydrogen-bond donors (Lipinski definition) is 0. The van der Waals surface area contributed by atoms with E-state index in [2.05, 4.69) is 100 Å². The van der Waals surface area contributed by atoms with Crippen molar-refractivity contribution in [3.8, 4) is 0 Å². The van der Waals surface area contributed by atoms with Crippen molar-refractivity contribution in [2.75, 3.05) is 4.90 Å². The van der Waals surface area contributed by atoms with Crippen LogP contribution < -0.4 is 4.90 Å². The van der Waals surface area contributed by atoms with Gasteiger partial charge in [0.15, 0.2) is 0 Å². The summed E-state index contributed by atoms with van der Waals surface area (Å²) in [6, 6.07) is 29.3. The molecule has 22 heavy (non-hydrogen) atoms. The Kier molecular flexibility index (Phi) is 7.12. The molecule has 0 atom stereocenters. The number of nitrogens with zero attached hydrogens (tertiary/aromatic N) is 1. The summed E-state index contributed by atoms with van der Waals surface area (Å²) in [5.41, 5.74) is 3.54. The highest BCUT2D eigenvalue weighted by Crippen LogP contribution is 2.36. The van der Waals surface area contributed by atoms with E-state index in [-0.39, 0.29) is 13.1 Å². The second-order valence-electron chi connectivity index (χ2n) is 4.46. The minimum absolute atomic E-state index is 0. The van der Waals surface area contributed by atoms with Crippen LogP contribution >= 0.6 is 22.6 Å². The first-order valence-corrected chi connectivity index (χ1v) is 7.59. The Morgan fingerprint density at radius 2 is 1.00 bits per heavy atom. The summed E-state index contributed by atoms with van der Waals surface area (Å²) in [4.78, 5) is 2.28. The minimum Gasteiger partial charge on any atom is -0.309 e. The molecule has 0 bridgehead atoms. The summed E-state index contributed by atoms with van der Waals surface area (Å²) in [7, 11) is 0. The van der Waals surface area contributed by atoms with Gasteiger partial charge in [-0.3, -0.25) is 4.70 Å². The number of hydrogen-bond acceptors (Lipinski definition) is 1. The van der Waals surface area contributed by atoms with E-state index in [1.165, 1.54) is 20.6 Å². The molecule has 3 aromatic rings. The quantitative estimate of drug-likeness (QED) is 0.450. The lowest BCUT2D eigenvalue weighted by molar-refractivity contribution is 1.11. The monoisotopic (exact) mass is 405 g/mol. The Hall–Kier alpha value is -1.82. The van der Waals surface area contributed by atoms with Gasteiger partial charge in [0.25, 0.3) is 0 Å². The number of anilines is 3. The van der Waals surface area contributed by atoms with Crippen molar-refractivity contribution in [1.29, 1.82) is 0 Å². The summed E-state index contributed by atoms with van der Waals surface area (Å²) in [5.74, 6) is 0. The highest BCUT2D eigenvalue weighted by molar-refractivity contribution is 14.1. The average Bonchev–Trinajstić information content (AvgIpc) is 2.52. The number of benzene rings is 3. The van der Waals surface area contributed by atoms with Crippen molar-refractivity contribution in [1.82, 2.24) is 0 Å². The Labute approximate surface area is 146 Å². The van der Waals surface area contributed by atoms with Crippen LogP contribution in [-0.4, -0.2) is 8.41 Å². The van der Waals surface area contributed by atoms with Gasteiger partial charge in [-0.15, -0.1) is 0 Å². The van der Waals surface area contributed by atoms with Gasteiger partial charge in [-0.25, -0.2) is 0 Å². The lowest BCUT2D eigenvalue weighted by Gasteiger charge is -2.26. The molecule has 0 heterocycles. The molecule has 4 heteroatoms. The van der Waals surface area contributed by atoms with E-state index in [9.17, 15) is 0 Å². The third kappa shape index (κ3) is 3.88. The molecule has 3 aromatic carbocycles. The first-order valence-electron chi connectivity index (χ1n) is 6.51. The molecule has 0 aliphatic carbocycles. The van der Waals surface area contributed by atoms with E-state index in [1.807, 2.05) is 12.1 Å². The topological polar surface area (TPSA) is 3.24 Å². The fraction of sp³-hybridized carbons (Fsp3) is 0. The van der Waals surface area contributed by atoms with Crippen LogP contribution in [0.1, 0.15) is 0 Å². The van der Waals surface area contributed by atoms with Crippen LogP contribution in [0.25, 0.3) is 0 Å². The van der Waals surface area contributed by atoms with Crippen molar-refractivity contribution >= 4 is 48.1 Å². The minimum atomic E-state index is 0. The van der Waals surface area contributed by atoms with E-state index in [0.717, 1.165) is 0 Å². The van der Waals surface area contributed by atoms with Crippen LogP contribution in [0.15, 0.2) is 84.9 Å². The molecule has 0 saturated heterocycles. The van der Waals surface area contributed by atoms with E-state index >= 15 is 0 Å². The van der Waals surface area contributed by atoms with Crippen LogP contribution in [0.2, 0.25) is 0 Å². The maximum Gasteiger partial charge on any atom is 0.0814 e. The predicted molar refractivity (Wildman–Crippen MR) is 106 cm³/mol. The second-order valence-corrected chi connectivity index (χ2v) is 5.62. The number of para-hydroxylation sites is 3. The number of rotatable bonds is 3. The van der Waals surface area contributed by atoms with Crippen LogP contribution in [0.3, 0.4) is 0 Å². The predicted octanol–water partition coefficient (Wildman–Crippen LogP) is 4.73. The Morgan fingerprint density at radius 1 is 0.591 bits per heavy atom. The molecule has 0 saturated carbocycles. The molecule has 0 aliphatic rings. The highest BCUT2D eigenvalue weighted by Gasteiger charge is 2.13. The van der Waals surface area contributed by atoms with Crippen LogP contribution in [-0.2, 0) is 0 Å². The molecule has 0 unspecified atom stereocenters. The first-order chi connectivity index (χ1) is 9.86. The molecule has 0 radical (unpaired) electrons. The molecule has 0 fully saturated rings. The molecule has 3 rings (SSSR count). The third-order valence-electron chi connectivity index (χ3n) is 3.12. The summed E-state index contributed by atoms with van der Waals surface area (Å²) >= 11 is 2.39. The Bertz CT molecular complexity index is 652. The second kappa shape index (κ2) is 8.58. The Morgan fingerprint density at radius 3 is 1.45 bits per heavy atom. The van der Waals surface area contributed by atoms with Crippen LogP contribution in [0.4, 0.5) is 21.8 Å². The highest BCUT2D eigenvalue weighted by atomic mass is 127. The third-order valence-corrected chi connectivity index (χ3v) is 4.03. The van der Waals surface area contributed by atoms with Gasteiger partial charge in [0.05, 0.1) is 14.1 Å². The van der Waals surface area contributed by atoms with Crippen molar-refractivity contribution in [2.24, 2.45) is 0 Å². The largest absolute Gasteiger partial charge is 0.309 e. The lowest BCUT2D eigenvalue weighted by Crippen LogP contribution is -2.10. The standard InChI is InChI=1S/C18H14IN.BH3.FH/c19-17-13-7-8-14-18(17)20(15-9-3-1-4-10-15)16-11-5-2-6-12-16;;/h1-14H;1H3;1H. The smallest absolute Gasteiger partial charge is 0.0814 e. The fourth-order valence-corrected chi connectivity index (χ4v) is 2.84. The summed E-state index contributed by atoms with van der Waals surface area (Å²) in [6.07, 6.45) is 0. The first kappa shape index (κ1) is 18.2. The van der Waals surface area contributed by atoms with Crippen LogP contribution in [0, 0.1) is 3.57 Å². The van der Waals surface area contributed by atoms with Gasteiger partial charge >= 0.3 is 0 Å². The molecular formula is C18H18BFIN. The molecule has 112 valence electrons. The molecular weight excluding hydrogens is 387 g/mol. The SMILES string of the molecule is B.F.Ic1ccccc1N(c1ccccc1)c1ccccc1. The van der Waals surface area contributed by atoms with Gasteiger partial charge in [-0.2, -0.15) is 0 Å². The maximum absolute atomic E-state index is 2.39. The van der Waals surface area contributed by atoms with Gasteiger partial charge in [0.2, 0.25) is 0 Å². The van der Waals surface area contributed by atoms with Gasteiger partial charge in [-0.1, -0.05) is 48.5 Å². The molecule has 0 aromatic heterocycles. The maximum atomic E-state index is 2.39.